The second-order valence-corrected chi connectivity index (χ2v) is 26.9. The van der Waals surface area contributed by atoms with Gasteiger partial charge in [-0.25, -0.2) is 12.8 Å². The van der Waals surface area contributed by atoms with E-state index < -0.39 is 26.5 Å². The molecule has 0 saturated heterocycles. The second-order valence-electron chi connectivity index (χ2n) is 24.8. The number of aryl methyl sites for hydroxylation is 3. The number of carbonyl (C=O) groups is 4. The molecule has 0 radical (unpaired) electrons. The Hall–Kier alpha value is -6.34. The number of ether oxygens (including phenoxy) is 5. The fourth-order valence-electron chi connectivity index (χ4n) is 7.52. The summed E-state index contributed by atoms with van der Waals surface area (Å²) in [5.41, 5.74) is 4.77. The lowest BCUT2D eigenvalue weighted by molar-refractivity contribution is 0.0849. The minimum Gasteiger partial charge on any atom is -0.497 e. The number of Topliss-reactive ketones (excluding diaryl/α,β-unsaturated/α-hetero) is 4. The lowest BCUT2D eigenvalue weighted by Crippen LogP contribution is -2.20. The maximum atomic E-state index is 13.3. The molecule has 0 aliphatic heterocycles. The van der Waals surface area contributed by atoms with Crippen LogP contribution in [0.15, 0.2) is 95.9 Å². The van der Waals surface area contributed by atoms with Crippen LogP contribution in [-0.2, 0) is 22.7 Å². The zero-order valence-corrected chi connectivity index (χ0v) is 53.6. The highest BCUT2D eigenvalue weighted by atomic mass is 32.2. The van der Waals surface area contributed by atoms with Gasteiger partial charge in [-0.15, -0.1) is 0 Å². The number of carbonyl (C=O) groups excluding carboxylic acids is 4. The molecule has 5 aromatic rings. The van der Waals surface area contributed by atoms with Crippen molar-refractivity contribution in [1.29, 1.82) is 0 Å². The summed E-state index contributed by atoms with van der Waals surface area (Å²) < 4.78 is 63.9. The van der Waals surface area contributed by atoms with E-state index in [-0.39, 0.29) is 72.3 Å². The van der Waals surface area contributed by atoms with E-state index in [9.17, 15) is 32.0 Å². The van der Waals surface area contributed by atoms with Crippen molar-refractivity contribution in [3.63, 3.8) is 0 Å². The highest BCUT2D eigenvalue weighted by Gasteiger charge is 2.29. The summed E-state index contributed by atoms with van der Waals surface area (Å²) in [4.78, 5) is 48.5. The molecule has 13 heteroatoms. The molecule has 0 spiro atoms. The average molecular weight is 1180 g/mol. The van der Waals surface area contributed by atoms with Crippen molar-refractivity contribution < 1.29 is 55.7 Å². The van der Waals surface area contributed by atoms with Gasteiger partial charge in [0.05, 0.1) is 57.3 Å². The van der Waals surface area contributed by atoms with Crippen molar-refractivity contribution in [3.05, 3.63) is 141 Å². The van der Waals surface area contributed by atoms with E-state index in [4.69, 9.17) is 23.7 Å². The molecule has 83 heavy (non-hydrogen) atoms. The number of hydrogen-bond donors (Lipinski definition) is 0. The predicted molar refractivity (Wildman–Crippen MR) is 345 cm³/mol. The van der Waals surface area contributed by atoms with Crippen LogP contribution in [0, 0.1) is 46.7 Å². The zero-order valence-electron chi connectivity index (χ0n) is 52.8. The fourth-order valence-corrected chi connectivity index (χ4v) is 9.54. The Morgan fingerprint density at radius 3 is 1.40 bits per heavy atom. The largest absolute Gasteiger partial charge is 0.497 e. The quantitative estimate of drug-likeness (QED) is 0.0978. The molecule has 5 aromatic carbocycles. The van der Waals surface area contributed by atoms with Gasteiger partial charge in [0.25, 0.3) is 0 Å². The number of rotatable bonds is 14. The van der Waals surface area contributed by atoms with Crippen LogP contribution in [0.3, 0.4) is 0 Å². The van der Waals surface area contributed by atoms with Gasteiger partial charge in [-0.2, -0.15) is 0 Å². The lowest BCUT2D eigenvalue weighted by atomic mass is 9.85. The molecule has 0 aromatic heterocycles. The molecule has 0 N–H and O–H groups in total. The van der Waals surface area contributed by atoms with Gasteiger partial charge in [-0.1, -0.05) is 170 Å². The Morgan fingerprint density at radius 2 is 0.964 bits per heavy atom. The van der Waals surface area contributed by atoms with Crippen LogP contribution < -0.4 is 23.7 Å². The van der Waals surface area contributed by atoms with Crippen LogP contribution >= 0.6 is 0 Å². The number of benzene rings is 5. The van der Waals surface area contributed by atoms with Crippen molar-refractivity contribution in [3.8, 4) is 28.7 Å². The average Bonchev–Trinajstić information content (AvgIpc) is 3.39. The number of hydrogen-bond acceptors (Lipinski definition) is 11. The van der Waals surface area contributed by atoms with Gasteiger partial charge >= 0.3 is 0 Å². The smallest absolute Gasteiger partial charge is 0.178 e. The van der Waals surface area contributed by atoms with Gasteiger partial charge in [0.1, 0.15) is 23.1 Å². The first-order chi connectivity index (χ1) is 36.7. The summed E-state index contributed by atoms with van der Waals surface area (Å²) in [6, 6.07) is 26.6. The third kappa shape index (κ3) is 25.6. The molecule has 0 aliphatic rings. The van der Waals surface area contributed by atoms with Crippen LogP contribution in [0.1, 0.15) is 210 Å². The molecule has 0 saturated carbocycles. The Labute approximate surface area is 502 Å². The number of sulfone groups is 1. The summed E-state index contributed by atoms with van der Waals surface area (Å²) in [6.07, 6.45) is 2.33. The van der Waals surface area contributed by atoms with Crippen molar-refractivity contribution in [2.45, 2.75) is 178 Å². The highest BCUT2D eigenvalue weighted by Crippen LogP contribution is 2.36. The summed E-state index contributed by atoms with van der Waals surface area (Å²) in [5, 5.41) is 0. The van der Waals surface area contributed by atoms with E-state index in [1.807, 2.05) is 147 Å². The molecule has 0 bridgehead atoms. The first-order valence-electron chi connectivity index (χ1n) is 27.1. The SMILES string of the molecule is C.C.C.CCc1cc(C(=O)C(C)(C)C)cc(OC)c1OC.CCc1cccc(C(=O)C(C)(C)C)c1.COc1ccc(C(=O)C(C)(C)C)c(OC)c1.COc1ccccc1C(=O)C(C)(C)C.Cc1cc(F)cc(S(=O)(=O)CCC(C)(C)C)c1C. The molecular formula is C70H107FO11S. The molecule has 5 rings (SSSR count). The van der Waals surface area contributed by atoms with Crippen molar-refractivity contribution in [1.82, 2.24) is 0 Å². The second kappa shape index (κ2) is 34.4. The maximum Gasteiger partial charge on any atom is 0.178 e. The Bertz CT molecular complexity index is 2950. The summed E-state index contributed by atoms with van der Waals surface area (Å²) in [5.74, 6) is 3.27. The Morgan fingerprint density at radius 1 is 0.482 bits per heavy atom. The highest BCUT2D eigenvalue weighted by molar-refractivity contribution is 7.91. The van der Waals surface area contributed by atoms with Crippen LogP contribution in [0.2, 0.25) is 0 Å². The molecule has 11 nitrogen and oxygen atoms in total. The van der Waals surface area contributed by atoms with Crippen molar-refractivity contribution in [2.75, 3.05) is 41.3 Å². The first-order valence-corrected chi connectivity index (χ1v) is 28.7. The van der Waals surface area contributed by atoms with Crippen LogP contribution in [0.25, 0.3) is 0 Å². The first kappa shape index (κ1) is 80.9. The van der Waals surface area contributed by atoms with E-state index >= 15 is 0 Å². The third-order valence-electron chi connectivity index (χ3n) is 12.6. The summed E-state index contributed by atoms with van der Waals surface area (Å²) >= 11 is 0. The number of ketones is 4. The van der Waals surface area contributed by atoms with Gasteiger partial charge < -0.3 is 23.7 Å². The maximum absolute atomic E-state index is 13.3. The molecule has 0 heterocycles. The standard InChI is InChI=1S/C15H22O3.C14H21FO2S.C13H18O3.C13H18O.C12H16O2.3CH4/c1-7-10-8-11(14(16)15(2,3)4)9-12(17-5)13(10)18-6;1-10-8-12(15)9-13(11(10)2)18(16,17)7-6-14(3,4)5;1-13(2,3)12(14)10-7-6-9(15-4)8-11(10)16-5;1-5-10-7-6-8-11(9-10)12(14)13(2,3)4;1-12(2,3)11(13)9-7-5-6-8-10(9)14-4;;;/h8-9H,7H2,1-6H3;8-9H,6-7H2,1-5H3;6-8H,1-5H3;6-9H,5H2,1-4H3;5-8H,1-4H3;3*1H4. The van der Waals surface area contributed by atoms with Crippen LogP contribution in [-0.4, -0.2) is 72.9 Å². The zero-order chi connectivity index (χ0) is 61.9. The van der Waals surface area contributed by atoms with Crippen molar-refractivity contribution >= 4 is 33.0 Å². The molecule has 0 aliphatic carbocycles. The predicted octanol–water partition coefficient (Wildman–Crippen LogP) is 18.4. The lowest BCUT2D eigenvalue weighted by Gasteiger charge is -2.19. The van der Waals surface area contributed by atoms with Gasteiger partial charge in [-0.05, 0) is 115 Å². The topological polar surface area (TPSA) is 149 Å². The number of halogens is 1. The van der Waals surface area contributed by atoms with Crippen LogP contribution in [0.5, 0.6) is 28.7 Å². The van der Waals surface area contributed by atoms with E-state index in [0.717, 1.165) is 30.0 Å². The van der Waals surface area contributed by atoms with Gasteiger partial charge in [-0.3, -0.25) is 19.2 Å². The molecule has 0 unspecified atom stereocenters. The minimum atomic E-state index is -3.41. The normalized spacial score (nSPS) is 11.1. The molecule has 0 fully saturated rings. The van der Waals surface area contributed by atoms with E-state index in [0.29, 0.717) is 63.0 Å². The fraction of sp³-hybridized carbons (Fsp3) is 0.514. The van der Waals surface area contributed by atoms with E-state index in [2.05, 4.69) is 13.0 Å². The van der Waals surface area contributed by atoms with Gasteiger partial charge in [0.15, 0.2) is 44.5 Å². The Kier molecular flexibility index (Phi) is 33.6. The monoisotopic (exact) mass is 1170 g/mol. The van der Waals surface area contributed by atoms with Gasteiger partial charge in [0.2, 0.25) is 0 Å². The summed E-state index contributed by atoms with van der Waals surface area (Å²) in [7, 11) is 4.50. The Balaban J connectivity index is -0.000000959. The van der Waals surface area contributed by atoms with Gasteiger partial charge in [0, 0.05) is 38.9 Å². The number of methoxy groups -OCH3 is 5. The molecular weight excluding hydrogens is 1070 g/mol. The third-order valence-corrected chi connectivity index (χ3v) is 14.4. The van der Waals surface area contributed by atoms with Crippen LogP contribution in [0.4, 0.5) is 4.39 Å². The molecule has 0 atom stereocenters. The molecule has 466 valence electrons. The summed E-state index contributed by atoms with van der Waals surface area (Å²) in [6.45, 7) is 36.5. The van der Waals surface area contributed by atoms with E-state index in [1.54, 1.807) is 85.8 Å². The van der Waals surface area contributed by atoms with Crippen molar-refractivity contribution in [2.24, 2.45) is 27.1 Å². The minimum absolute atomic E-state index is 0. The van der Waals surface area contributed by atoms with E-state index in [1.165, 1.54) is 11.6 Å². The molecule has 0 amide bonds. The number of para-hydroxylation sites is 1.